The number of halogens is 4. The van der Waals surface area contributed by atoms with Crippen LogP contribution in [0.15, 0.2) is 57.7 Å². The zero-order valence-corrected chi connectivity index (χ0v) is 13.1. The Morgan fingerprint density at radius 2 is 1.80 bits per heavy atom. The number of hydrogen-bond acceptors (Lipinski definition) is 3. The number of benzene rings is 2. The summed E-state index contributed by atoms with van der Waals surface area (Å²) in [5.41, 5.74) is -1.79. The quantitative estimate of drug-likeness (QED) is 0.667. The van der Waals surface area contributed by atoms with Gasteiger partial charge in [0.25, 0.3) is 5.91 Å². The number of hydrogen-bond donors (Lipinski definition) is 1. The van der Waals surface area contributed by atoms with Gasteiger partial charge in [0.05, 0.1) is 10.6 Å². The summed E-state index contributed by atoms with van der Waals surface area (Å²) in [4.78, 5) is 24.2. The maximum absolute atomic E-state index is 12.7. The number of amides is 1. The molecule has 0 saturated heterocycles. The summed E-state index contributed by atoms with van der Waals surface area (Å²) in [5.74, 6) is -0.810. The third kappa shape index (κ3) is 3.51. The Hall–Kier alpha value is -2.80. The molecule has 0 bridgehead atoms. The molecule has 0 spiro atoms. The van der Waals surface area contributed by atoms with Gasteiger partial charge in [0.1, 0.15) is 11.1 Å². The molecule has 128 valence electrons. The van der Waals surface area contributed by atoms with E-state index >= 15 is 0 Å². The van der Waals surface area contributed by atoms with E-state index in [0.717, 1.165) is 18.2 Å². The number of fused-ring (bicyclic) bond motifs is 1. The first-order chi connectivity index (χ1) is 11.8. The fraction of sp³-hybridized carbons (Fsp3) is 0.0588. The summed E-state index contributed by atoms with van der Waals surface area (Å²) in [6.45, 7) is 0. The van der Waals surface area contributed by atoms with Crippen molar-refractivity contribution < 1.29 is 22.4 Å². The molecule has 25 heavy (non-hydrogen) atoms. The third-order valence-electron chi connectivity index (χ3n) is 3.42. The van der Waals surface area contributed by atoms with Crippen molar-refractivity contribution in [1.29, 1.82) is 0 Å². The van der Waals surface area contributed by atoms with Crippen molar-refractivity contribution in [3.8, 4) is 0 Å². The molecule has 0 radical (unpaired) electrons. The highest BCUT2D eigenvalue weighted by Gasteiger charge is 2.33. The van der Waals surface area contributed by atoms with Crippen LogP contribution in [0.4, 0.5) is 18.9 Å². The van der Waals surface area contributed by atoms with Crippen molar-refractivity contribution in [2.24, 2.45) is 0 Å². The number of para-hydroxylation sites is 1. The second-order valence-corrected chi connectivity index (χ2v) is 5.54. The zero-order valence-electron chi connectivity index (χ0n) is 12.4. The van der Waals surface area contributed by atoms with E-state index in [4.69, 9.17) is 16.0 Å². The van der Waals surface area contributed by atoms with Crippen LogP contribution < -0.4 is 10.9 Å². The Bertz CT molecular complexity index is 1030. The predicted octanol–water partition coefficient (Wildman–Crippen LogP) is 4.72. The number of rotatable bonds is 2. The van der Waals surface area contributed by atoms with Gasteiger partial charge in [0.2, 0.25) is 0 Å². The fourth-order valence-corrected chi connectivity index (χ4v) is 2.53. The molecular formula is C17H9ClF3NO3. The first-order valence-corrected chi connectivity index (χ1v) is 7.34. The molecule has 2 aromatic carbocycles. The highest BCUT2D eigenvalue weighted by molar-refractivity contribution is 6.31. The minimum absolute atomic E-state index is 0.0237. The highest BCUT2D eigenvalue weighted by Crippen LogP contribution is 2.35. The summed E-state index contributed by atoms with van der Waals surface area (Å²) < 4.78 is 43.1. The Morgan fingerprint density at radius 1 is 1.08 bits per heavy atom. The summed E-state index contributed by atoms with van der Waals surface area (Å²) in [7, 11) is 0. The minimum Gasteiger partial charge on any atom is -0.422 e. The zero-order chi connectivity index (χ0) is 18.2. The molecule has 1 heterocycles. The molecule has 4 nitrogen and oxygen atoms in total. The number of carbonyl (C=O) groups is 1. The van der Waals surface area contributed by atoms with Crippen LogP contribution in [-0.2, 0) is 6.18 Å². The average Bonchev–Trinajstić information content (AvgIpc) is 2.53. The summed E-state index contributed by atoms with van der Waals surface area (Å²) >= 11 is 5.60. The fourth-order valence-electron chi connectivity index (χ4n) is 2.24. The first-order valence-electron chi connectivity index (χ1n) is 6.97. The molecule has 0 aliphatic heterocycles. The van der Waals surface area contributed by atoms with E-state index in [1.165, 1.54) is 6.07 Å². The van der Waals surface area contributed by atoms with Gasteiger partial charge in [-0.25, -0.2) is 4.79 Å². The monoisotopic (exact) mass is 367 g/mol. The van der Waals surface area contributed by atoms with Gasteiger partial charge in [0.15, 0.2) is 0 Å². The molecule has 0 fully saturated rings. The molecule has 0 saturated carbocycles. The van der Waals surface area contributed by atoms with Gasteiger partial charge in [-0.1, -0.05) is 29.8 Å². The lowest BCUT2D eigenvalue weighted by Gasteiger charge is -2.11. The van der Waals surface area contributed by atoms with Crippen molar-refractivity contribution >= 4 is 34.2 Å². The van der Waals surface area contributed by atoms with E-state index in [0.29, 0.717) is 11.0 Å². The van der Waals surface area contributed by atoms with E-state index in [2.05, 4.69) is 5.32 Å². The highest BCUT2D eigenvalue weighted by atomic mass is 35.5. The molecular weight excluding hydrogens is 359 g/mol. The number of alkyl halides is 3. The maximum atomic E-state index is 12.7. The first kappa shape index (κ1) is 17.0. The van der Waals surface area contributed by atoms with Crippen LogP contribution in [0.25, 0.3) is 11.0 Å². The van der Waals surface area contributed by atoms with Crippen molar-refractivity contribution in [3.63, 3.8) is 0 Å². The van der Waals surface area contributed by atoms with Crippen LogP contribution in [-0.4, -0.2) is 5.91 Å². The lowest BCUT2D eigenvalue weighted by Crippen LogP contribution is -2.20. The van der Waals surface area contributed by atoms with E-state index in [1.54, 1.807) is 24.3 Å². The minimum atomic E-state index is -4.60. The molecule has 3 aromatic rings. The van der Waals surface area contributed by atoms with Gasteiger partial charge in [-0.05, 0) is 30.3 Å². The molecule has 0 atom stereocenters. The van der Waals surface area contributed by atoms with Gasteiger partial charge in [-0.2, -0.15) is 13.2 Å². The third-order valence-corrected chi connectivity index (χ3v) is 3.73. The van der Waals surface area contributed by atoms with Crippen LogP contribution >= 0.6 is 11.6 Å². The summed E-state index contributed by atoms with van der Waals surface area (Å²) in [6, 6.07) is 10.7. The lowest BCUT2D eigenvalue weighted by molar-refractivity contribution is -0.137. The molecule has 0 aliphatic carbocycles. The van der Waals surface area contributed by atoms with Crippen LogP contribution in [0.1, 0.15) is 15.9 Å². The number of carbonyl (C=O) groups excluding carboxylic acids is 1. The predicted molar refractivity (Wildman–Crippen MR) is 86.9 cm³/mol. The Labute approximate surface area is 143 Å². The van der Waals surface area contributed by atoms with Gasteiger partial charge < -0.3 is 9.73 Å². The summed E-state index contributed by atoms with van der Waals surface area (Å²) in [6.07, 6.45) is -4.60. The SMILES string of the molecule is O=C(Nc1ccc(C(F)(F)F)c(Cl)c1)c1cc2ccccc2oc1=O. The molecule has 8 heteroatoms. The molecule has 1 aromatic heterocycles. The van der Waals surface area contributed by atoms with Crippen LogP contribution in [0.5, 0.6) is 0 Å². The van der Waals surface area contributed by atoms with Crippen LogP contribution in [0, 0.1) is 0 Å². The normalized spacial score (nSPS) is 11.5. The van der Waals surface area contributed by atoms with Crippen LogP contribution in [0.3, 0.4) is 0 Å². The largest absolute Gasteiger partial charge is 0.422 e. The summed E-state index contributed by atoms with van der Waals surface area (Å²) in [5, 5.41) is 2.31. The number of nitrogens with one attached hydrogen (secondary N) is 1. The van der Waals surface area contributed by atoms with Gasteiger partial charge in [-0.3, -0.25) is 4.79 Å². The Balaban J connectivity index is 1.91. The molecule has 0 unspecified atom stereocenters. The van der Waals surface area contributed by atoms with Crippen LogP contribution in [0.2, 0.25) is 5.02 Å². The molecule has 1 amide bonds. The topological polar surface area (TPSA) is 59.3 Å². The second kappa shape index (κ2) is 6.25. The van der Waals surface area contributed by atoms with Gasteiger partial charge in [0, 0.05) is 11.1 Å². The van der Waals surface area contributed by atoms with E-state index in [9.17, 15) is 22.8 Å². The van der Waals surface area contributed by atoms with E-state index in [1.807, 2.05) is 0 Å². The Kier molecular flexibility index (Phi) is 4.26. The van der Waals surface area contributed by atoms with Crippen molar-refractivity contribution in [2.45, 2.75) is 6.18 Å². The molecule has 1 N–H and O–H groups in total. The second-order valence-electron chi connectivity index (χ2n) is 5.13. The van der Waals surface area contributed by atoms with Gasteiger partial charge >= 0.3 is 11.8 Å². The molecule has 3 rings (SSSR count). The lowest BCUT2D eigenvalue weighted by atomic mass is 10.1. The van der Waals surface area contributed by atoms with Crippen molar-refractivity contribution in [2.75, 3.05) is 5.32 Å². The van der Waals surface area contributed by atoms with Crippen molar-refractivity contribution in [3.05, 3.63) is 75.1 Å². The van der Waals surface area contributed by atoms with E-state index in [-0.39, 0.29) is 11.3 Å². The smallest absolute Gasteiger partial charge is 0.417 e. The Morgan fingerprint density at radius 3 is 2.48 bits per heavy atom. The standard InChI is InChI=1S/C17H9ClF3NO3/c18-13-8-10(5-6-12(13)17(19,20)21)22-15(23)11-7-9-3-1-2-4-14(9)25-16(11)24/h1-8H,(H,22,23). The van der Waals surface area contributed by atoms with Gasteiger partial charge in [-0.15, -0.1) is 0 Å². The maximum Gasteiger partial charge on any atom is 0.417 e. The average molecular weight is 368 g/mol. The number of anilines is 1. The van der Waals surface area contributed by atoms with Crippen molar-refractivity contribution in [1.82, 2.24) is 0 Å². The molecule has 0 aliphatic rings. The van der Waals surface area contributed by atoms with E-state index < -0.39 is 28.3 Å².